The molecule has 170 valence electrons. The molecule has 0 bridgehead atoms. The van der Waals surface area contributed by atoms with Gasteiger partial charge in [0.15, 0.2) is 11.5 Å². The summed E-state index contributed by atoms with van der Waals surface area (Å²) in [4.78, 5) is 37.6. The number of methoxy groups -OCH3 is 1. The fourth-order valence-corrected chi connectivity index (χ4v) is 2.76. The van der Waals surface area contributed by atoms with Crippen LogP contribution in [-0.4, -0.2) is 34.0 Å². The smallest absolute Gasteiger partial charge is 0.335 e. The van der Waals surface area contributed by atoms with E-state index in [2.05, 4.69) is 10.3 Å². The van der Waals surface area contributed by atoms with Crippen molar-refractivity contribution in [2.45, 2.75) is 0 Å². The van der Waals surface area contributed by atoms with E-state index >= 15 is 0 Å². The van der Waals surface area contributed by atoms with Crippen LogP contribution in [0.3, 0.4) is 0 Å². The van der Waals surface area contributed by atoms with Gasteiger partial charge in [-0.2, -0.15) is 5.26 Å². The molecule has 0 unspecified atom stereocenters. The minimum Gasteiger partial charge on any atom is -0.493 e. The summed E-state index contributed by atoms with van der Waals surface area (Å²) in [5.74, 6) is -1.24. The number of carbonyl (C=O) groups is 2. The normalized spacial score (nSPS) is 10.6. The number of nitrogens with one attached hydrogen (secondary N) is 1. The van der Waals surface area contributed by atoms with Crippen LogP contribution in [0.1, 0.15) is 15.9 Å². The van der Waals surface area contributed by atoms with Gasteiger partial charge in [-0.05, 0) is 42.0 Å². The molecule has 0 aliphatic heterocycles. The van der Waals surface area contributed by atoms with Crippen molar-refractivity contribution in [3.63, 3.8) is 0 Å². The number of ether oxygens (including phenoxy) is 2. The Bertz CT molecular complexity index is 1330. The van der Waals surface area contributed by atoms with Crippen LogP contribution in [0.5, 0.6) is 17.4 Å². The maximum atomic E-state index is 12.5. The zero-order valence-corrected chi connectivity index (χ0v) is 17.6. The molecule has 2 N–H and O–H groups in total. The first-order chi connectivity index (χ1) is 16.3. The maximum Gasteiger partial charge on any atom is 0.335 e. The van der Waals surface area contributed by atoms with Crippen LogP contribution in [0.4, 0.5) is 11.4 Å². The maximum absolute atomic E-state index is 12.5. The number of amides is 1. The SMILES string of the molecule is COc1cc(/C=C(/C#N)C(=O)Nc2cccc(C(=O)O)c2)ccc1Oc1ccc([N+](=O)[O-])cn1. The number of aromatic carboxylic acids is 1. The van der Waals surface area contributed by atoms with Crippen molar-refractivity contribution in [1.29, 1.82) is 5.26 Å². The van der Waals surface area contributed by atoms with Gasteiger partial charge in [0.05, 0.1) is 17.6 Å². The molecule has 2 aromatic carbocycles. The van der Waals surface area contributed by atoms with E-state index in [-0.39, 0.29) is 39.9 Å². The highest BCUT2D eigenvalue weighted by Gasteiger charge is 2.13. The summed E-state index contributed by atoms with van der Waals surface area (Å²) < 4.78 is 10.9. The van der Waals surface area contributed by atoms with Crippen LogP contribution in [-0.2, 0) is 4.79 Å². The number of pyridine rings is 1. The fraction of sp³-hybridized carbons (Fsp3) is 0.0435. The molecule has 3 aromatic rings. The van der Waals surface area contributed by atoms with Crippen molar-refractivity contribution in [3.8, 4) is 23.4 Å². The molecule has 0 saturated carbocycles. The number of hydrogen-bond acceptors (Lipinski definition) is 8. The largest absolute Gasteiger partial charge is 0.493 e. The lowest BCUT2D eigenvalue weighted by molar-refractivity contribution is -0.385. The Labute approximate surface area is 192 Å². The number of benzene rings is 2. The second kappa shape index (κ2) is 10.4. The van der Waals surface area contributed by atoms with Gasteiger partial charge >= 0.3 is 5.97 Å². The van der Waals surface area contributed by atoms with Gasteiger partial charge in [-0.25, -0.2) is 9.78 Å². The first kappa shape index (κ1) is 23.4. The highest BCUT2D eigenvalue weighted by Crippen LogP contribution is 2.32. The van der Waals surface area contributed by atoms with E-state index in [1.165, 1.54) is 61.7 Å². The molecular weight excluding hydrogens is 444 g/mol. The average molecular weight is 460 g/mol. The number of hydrogen-bond donors (Lipinski definition) is 2. The van der Waals surface area contributed by atoms with Crippen LogP contribution >= 0.6 is 0 Å². The summed E-state index contributed by atoms with van der Waals surface area (Å²) in [6.07, 6.45) is 2.38. The Hall–Kier alpha value is -5.24. The summed E-state index contributed by atoms with van der Waals surface area (Å²) >= 11 is 0. The Morgan fingerprint density at radius 3 is 2.59 bits per heavy atom. The standard InChI is InChI=1S/C23H16N4O7/c1-33-20-10-14(5-7-19(20)34-21-8-6-18(13-25-21)27(31)32)9-16(12-24)22(28)26-17-4-2-3-15(11-17)23(29)30/h2-11,13H,1H3,(H,26,28)(H,29,30)/b16-9-. The zero-order valence-electron chi connectivity index (χ0n) is 17.6. The first-order valence-corrected chi connectivity index (χ1v) is 9.53. The summed E-state index contributed by atoms with van der Waals surface area (Å²) in [6.45, 7) is 0. The topological polar surface area (TPSA) is 165 Å². The minimum absolute atomic E-state index is 0.0110. The van der Waals surface area contributed by atoms with Crippen molar-refractivity contribution >= 4 is 29.3 Å². The number of rotatable bonds is 8. The second-order valence-corrected chi connectivity index (χ2v) is 6.63. The Morgan fingerprint density at radius 2 is 1.97 bits per heavy atom. The predicted molar refractivity (Wildman–Crippen MR) is 120 cm³/mol. The molecule has 0 fully saturated rings. The van der Waals surface area contributed by atoms with Crippen molar-refractivity contribution in [1.82, 2.24) is 4.98 Å². The van der Waals surface area contributed by atoms with E-state index in [1.54, 1.807) is 6.07 Å². The van der Waals surface area contributed by atoms with E-state index in [9.17, 15) is 25.0 Å². The fourth-order valence-electron chi connectivity index (χ4n) is 2.76. The lowest BCUT2D eigenvalue weighted by atomic mass is 10.1. The molecule has 11 nitrogen and oxygen atoms in total. The van der Waals surface area contributed by atoms with Gasteiger partial charge in [0.25, 0.3) is 11.6 Å². The molecule has 0 spiro atoms. The number of nitro groups is 1. The summed E-state index contributed by atoms with van der Waals surface area (Å²) in [6, 6.07) is 14.6. The molecule has 1 heterocycles. The van der Waals surface area contributed by atoms with Gasteiger partial charge in [0, 0.05) is 17.8 Å². The molecule has 1 amide bonds. The third kappa shape index (κ3) is 5.71. The average Bonchev–Trinajstić information content (AvgIpc) is 2.83. The molecule has 0 aliphatic carbocycles. The number of aromatic nitrogens is 1. The number of carboxylic acid groups (broad SMARTS) is 1. The predicted octanol–water partition coefficient (Wildman–Crippen LogP) is 4.03. The van der Waals surface area contributed by atoms with Crippen LogP contribution in [0.15, 0.2) is 66.4 Å². The van der Waals surface area contributed by atoms with Crippen molar-refractivity contribution < 1.29 is 29.1 Å². The van der Waals surface area contributed by atoms with Crippen molar-refractivity contribution in [3.05, 3.63) is 87.6 Å². The van der Waals surface area contributed by atoms with E-state index in [1.807, 2.05) is 6.07 Å². The van der Waals surface area contributed by atoms with Crippen LogP contribution in [0, 0.1) is 21.4 Å². The molecule has 0 saturated heterocycles. The van der Waals surface area contributed by atoms with E-state index in [0.29, 0.717) is 5.56 Å². The highest BCUT2D eigenvalue weighted by atomic mass is 16.6. The Morgan fingerprint density at radius 1 is 1.18 bits per heavy atom. The number of nitrogens with zero attached hydrogens (tertiary/aromatic N) is 3. The monoisotopic (exact) mass is 460 g/mol. The van der Waals surface area contributed by atoms with E-state index < -0.39 is 16.8 Å². The highest BCUT2D eigenvalue weighted by molar-refractivity contribution is 6.10. The van der Waals surface area contributed by atoms with Crippen molar-refractivity contribution in [2.75, 3.05) is 12.4 Å². The molecule has 0 radical (unpaired) electrons. The van der Waals surface area contributed by atoms with Gasteiger partial charge in [0.1, 0.15) is 17.8 Å². The first-order valence-electron chi connectivity index (χ1n) is 9.53. The summed E-state index contributed by atoms with van der Waals surface area (Å²) in [5.41, 5.74) is 0.253. The molecule has 11 heteroatoms. The van der Waals surface area contributed by atoms with Crippen molar-refractivity contribution in [2.24, 2.45) is 0 Å². The molecule has 0 aliphatic rings. The molecule has 34 heavy (non-hydrogen) atoms. The molecule has 0 atom stereocenters. The minimum atomic E-state index is -1.15. The summed E-state index contributed by atoms with van der Waals surface area (Å²) in [5, 5.41) is 31.7. The molecular formula is C23H16N4O7. The Kier molecular flexibility index (Phi) is 7.15. The van der Waals surface area contributed by atoms with Crippen LogP contribution < -0.4 is 14.8 Å². The van der Waals surface area contributed by atoms with Gasteiger partial charge in [-0.1, -0.05) is 12.1 Å². The van der Waals surface area contributed by atoms with Crippen LogP contribution in [0.25, 0.3) is 6.08 Å². The quantitative estimate of drug-likeness (QED) is 0.218. The Balaban J connectivity index is 1.80. The number of carbonyl (C=O) groups excluding carboxylic acids is 1. The van der Waals surface area contributed by atoms with Gasteiger partial charge < -0.3 is 19.9 Å². The molecule has 3 rings (SSSR count). The second-order valence-electron chi connectivity index (χ2n) is 6.63. The van der Waals surface area contributed by atoms with E-state index in [4.69, 9.17) is 14.6 Å². The number of nitriles is 1. The van der Waals surface area contributed by atoms with E-state index in [0.717, 1.165) is 6.20 Å². The zero-order chi connectivity index (χ0) is 24.7. The lowest BCUT2D eigenvalue weighted by Gasteiger charge is -2.10. The third-order valence-electron chi connectivity index (χ3n) is 4.38. The van der Waals surface area contributed by atoms with Gasteiger partial charge in [0.2, 0.25) is 5.88 Å². The lowest BCUT2D eigenvalue weighted by Crippen LogP contribution is -2.14. The molecule has 1 aromatic heterocycles. The van der Waals surface area contributed by atoms with Crippen LogP contribution in [0.2, 0.25) is 0 Å². The summed E-state index contributed by atoms with van der Waals surface area (Å²) in [7, 11) is 1.40. The third-order valence-corrected chi connectivity index (χ3v) is 4.38. The number of anilines is 1. The number of carboxylic acids is 1. The van der Waals surface area contributed by atoms with Gasteiger partial charge in [-0.3, -0.25) is 14.9 Å². The van der Waals surface area contributed by atoms with Gasteiger partial charge in [-0.15, -0.1) is 0 Å².